The van der Waals surface area contributed by atoms with Gasteiger partial charge < -0.3 is 14.6 Å². The zero-order chi connectivity index (χ0) is 16.7. The van der Waals surface area contributed by atoms with E-state index in [1.807, 2.05) is 19.3 Å². The topological polar surface area (TPSA) is 53.6 Å². The molecule has 0 unspecified atom stereocenters. The van der Waals surface area contributed by atoms with Crippen molar-refractivity contribution in [1.82, 2.24) is 0 Å². The van der Waals surface area contributed by atoms with Crippen LogP contribution in [-0.2, 0) is 6.42 Å². The summed E-state index contributed by atoms with van der Waals surface area (Å²) in [6.07, 6.45) is 10.8. The third kappa shape index (κ3) is 2.87. The first-order valence-corrected chi connectivity index (χ1v) is 9.16. The molecule has 0 spiro atoms. The van der Waals surface area contributed by atoms with E-state index in [-0.39, 0.29) is 23.4 Å². The molecule has 2 aliphatic rings. The van der Waals surface area contributed by atoms with Gasteiger partial charge in [-0.05, 0) is 79.7 Å². The molecule has 1 aromatic rings. The van der Waals surface area contributed by atoms with Crippen LogP contribution in [0.1, 0.15) is 64.9 Å². The third-order valence-electron chi connectivity index (χ3n) is 7.25. The van der Waals surface area contributed by atoms with Crippen LogP contribution in [0.15, 0.2) is 23.0 Å². The van der Waals surface area contributed by atoms with Gasteiger partial charge in [-0.15, -0.1) is 0 Å². The predicted molar refractivity (Wildman–Crippen MR) is 91.0 cm³/mol. The van der Waals surface area contributed by atoms with Gasteiger partial charge in [-0.25, -0.2) is 0 Å². The Bertz CT molecular complexity index is 521. The average molecular weight is 320 g/mol. The maximum atomic E-state index is 11.1. The van der Waals surface area contributed by atoms with Crippen molar-refractivity contribution >= 4 is 0 Å². The summed E-state index contributed by atoms with van der Waals surface area (Å²) in [6.45, 7) is 6.92. The van der Waals surface area contributed by atoms with E-state index in [1.165, 1.54) is 12.0 Å². The molecule has 0 aliphatic heterocycles. The van der Waals surface area contributed by atoms with Crippen LogP contribution in [0.25, 0.3) is 0 Å². The highest BCUT2D eigenvalue weighted by Gasteiger charge is 2.58. The van der Waals surface area contributed by atoms with Gasteiger partial charge in [0.2, 0.25) is 0 Å². The second-order valence-electron chi connectivity index (χ2n) is 8.84. The van der Waals surface area contributed by atoms with E-state index in [2.05, 4.69) is 13.8 Å². The van der Waals surface area contributed by atoms with E-state index in [4.69, 9.17) is 4.42 Å². The minimum absolute atomic E-state index is 0.0113. The van der Waals surface area contributed by atoms with Gasteiger partial charge >= 0.3 is 0 Å². The number of aliphatic hydroxyl groups is 2. The lowest BCUT2D eigenvalue weighted by Gasteiger charge is -2.61. The first-order chi connectivity index (χ1) is 10.8. The largest absolute Gasteiger partial charge is 0.472 e. The smallest absolute Gasteiger partial charge is 0.0934 e. The first kappa shape index (κ1) is 17.0. The van der Waals surface area contributed by atoms with Crippen molar-refractivity contribution in [3.05, 3.63) is 24.2 Å². The van der Waals surface area contributed by atoms with Crippen LogP contribution in [0.2, 0.25) is 0 Å². The Morgan fingerprint density at radius 2 is 2.00 bits per heavy atom. The minimum Gasteiger partial charge on any atom is -0.472 e. The first-order valence-electron chi connectivity index (χ1n) is 9.16. The molecular weight excluding hydrogens is 288 g/mol. The Labute approximate surface area is 140 Å². The maximum Gasteiger partial charge on any atom is 0.0934 e. The van der Waals surface area contributed by atoms with Crippen molar-refractivity contribution < 1.29 is 14.6 Å². The minimum atomic E-state index is -0.608. The standard InChI is InChI=1S/C20H32O3/c1-18(14-21)9-4-10-19(2)16(18)7-11-20(3,22)17(19)6-5-15-8-12-23-13-15/h8,12-13,16-17,21-22H,4-7,9-11,14H2,1-3H3/t16-,17+,18+,19-,20+/m0/s1. The Hall–Kier alpha value is -0.800. The van der Waals surface area contributed by atoms with Crippen LogP contribution in [0.3, 0.4) is 0 Å². The summed E-state index contributed by atoms with van der Waals surface area (Å²) in [5.41, 5.74) is 0.730. The molecule has 1 heterocycles. The van der Waals surface area contributed by atoms with Crippen LogP contribution in [0.5, 0.6) is 0 Å². The number of aliphatic hydroxyl groups excluding tert-OH is 1. The summed E-state index contributed by atoms with van der Waals surface area (Å²) >= 11 is 0. The Balaban J connectivity index is 1.87. The van der Waals surface area contributed by atoms with Crippen molar-refractivity contribution in [2.75, 3.05) is 6.61 Å². The highest BCUT2D eigenvalue weighted by Crippen LogP contribution is 2.62. The van der Waals surface area contributed by atoms with Crippen molar-refractivity contribution in [2.45, 2.75) is 71.3 Å². The monoisotopic (exact) mass is 320 g/mol. The fraction of sp³-hybridized carbons (Fsp3) is 0.800. The molecule has 3 heteroatoms. The van der Waals surface area contributed by atoms with Crippen LogP contribution < -0.4 is 0 Å². The van der Waals surface area contributed by atoms with Crippen molar-refractivity contribution in [2.24, 2.45) is 22.7 Å². The number of furan rings is 1. The lowest BCUT2D eigenvalue weighted by Crippen LogP contribution is -2.58. The molecule has 1 aromatic heterocycles. The van der Waals surface area contributed by atoms with Gasteiger partial charge in [-0.1, -0.05) is 20.3 Å². The quantitative estimate of drug-likeness (QED) is 0.875. The molecule has 130 valence electrons. The molecule has 2 N–H and O–H groups in total. The molecule has 0 saturated heterocycles. The SMILES string of the molecule is C[C@]1(CO)CCC[C@]2(C)[C@@H](CCc3ccoc3)[C@](C)(O)CC[C@@H]12. The second kappa shape index (κ2) is 5.93. The van der Waals surface area contributed by atoms with Gasteiger partial charge in [-0.2, -0.15) is 0 Å². The molecule has 0 aromatic carbocycles. The molecule has 0 radical (unpaired) electrons. The van der Waals surface area contributed by atoms with E-state index < -0.39 is 5.60 Å². The van der Waals surface area contributed by atoms with Gasteiger partial charge in [0.1, 0.15) is 0 Å². The molecule has 23 heavy (non-hydrogen) atoms. The highest BCUT2D eigenvalue weighted by molar-refractivity contribution is 5.11. The van der Waals surface area contributed by atoms with E-state index in [0.29, 0.717) is 5.92 Å². The molecule has 2 aliphatic carbocycles. The summed E-state index contributed by atoms with van der Waals surface area (Å²) in [5.74, 6) is 0.776. The van der Waals surface area contributed by atoms with Crippen LogP contribution in [-0.4, -0.2) is 22.4 Å². The normalized spacial score (nSPS) is 44.0. The van der Waals surface area contributed by atoms with Gasteiger partial charge in [0.05, 0.1) is 18.1 Å². The van der Waals surface area contributed by atoms with Gasteiger partial charge in [-0.3, -0.25) is 0 Å². The zero-order valence-corrected chi connectivity index (χ0v) is 14.8. The molecule has 2 fully saturated rings. The zero-order valence-electron chi connectivity index (χ0n) is 14.8. The van der Waals surface area contributed by atoms with Crippen LogP contribution in [0.4, 0.5) is 0 Å². The summed E-state index contributed by atoms with van der Waals surface area (Å²) < 4.78 is 5.19. The van der Waals surface area contributed by atoms with Crippen LogP contribution >= 0.6 is 0 Å². The summed E-state index contributed by atoms with van der Waals surface area (Å²) in [4.78, 5) is 0. The Morgan fingerprint density at radius 1 is 1.22 bits per heavy atom. The summed E-state index contributed by atoms with van der Waals surface area (Å²) in [6, 6.07) is 2.02. The van der Waals surface area contributed by atoms with E-state index in [0.717, 1.165) is 38.5 Å². The van der Waals surface area contributed by atoms with Crippen molar-refractivity contribution in [1.29, 1.82) is 0 Å². The molecule has 5 atom stereocenters. The van der Waals surface area contributed by atoms with Gasteiger partial charge in [0.15, 0.2) is 0 Å². The summed E-state index contributed by atoms with van der Waals surface area (Å²) in [5, 5.41) is 21.1. The molecule has 0 bridgehead atoms. The number of hydrogen-bond acceptors (Lipinski definition) is 3. The molecule has 2 saturated carbocycles. The highest BCUT2D eigenvalue weighted by atomic mass is 16.3. The fourth-order valence-corrected chi connectivity index (χ4v) is 6.01. The lowest BCUT2D eigenvalue weighted by atomic mass is 9.45. The average Bonchev–Trinajstić information content (AvgIpc) is 2.99. The number of fused-ring (bicyclic) bond motifs is 1. The fourth-order valence-electron chi connectivity index (χ4n) is 6.01. The lowest BCUT2D eigenvalue weighted by molar-refractivity contribution is -0.179. The van der Waals surface area contributed by atoms with E-state index in [9.17, 15) is 10.2 Å². The molecule has 3 nitrogen and oxygen atoms in total. The number of aryl methyl sites for hydroxylation is 1. The molecule has 3 rings (SSSR count). The van der Waals surface area contributed by atoms with Crippen molar-refractivity contribution in [3.63, 3.8) is 0 Å². The Kier molecular flexibility index (Phi) is 4.39. The van der Waals surface area contributed by atoms with Crippen molar-refractivity contribution in [3.8, 4) is 0 Å². The molecule has 0 amide bonds. The molecular formula is C20H32O3. The van der Waals surface area contributed by atoms with Crippen LogP contribution in [0, 0.1) is 22.7 Å². The number of hydrogen-bond donors (Lipinski definition) is 2. The maximum absolute atomic E-state index is 11.1. The Morgan fingerprint density at radius 3 is 2.65 bits per heavy atom. The predicted octanol–water partition coefficient (Wildman–Crippen LogP) is 4.18. The third-order valence-corrected chi connectivity index (χ3v) is 7.25. The number of rotatable bonds is 4. The van der Waals surface area contributed by atoms with E-state index >= 15 is 0 Å². The van der Waals surface area contributed by atoms with E-state index in [1.54, 1.807) is 6.26 Å². The summed E-state index contributed by atoms with van der Waals surface area (Å²) in [7, 11) is 0. The van der Waals surface area contributed by atoms with Gasteiger partial charge in [0.25, 0.3) is 0 Å². The second-order valence-corrected chi connectivity index (χ2v) is 8.84. The van der Waals surface area contributed by atoms with Gasteiger partial charge in [0, 0.05) is 6.61 Å².